The van der Waals surface area contributed by atoms with Gasteiger partial charge in [0.15, 0.2) is 5.82 Å². The summed E-state index contributed by atoms with van der Waals surface area (Å²) in [4.78, 5) is 42.7. The molecule has 1 aliphatic carbocycles. The summed E-state index contributed by atoms with van der Waals surface area (Å²) in [7, 11) is 0. The Balaban J connectivity index is 1.38. The Morgan fingerprint density at radius 2 is 1.73 bits per heavy atom. The molecule has 2 aromatic carbocycles. The summed E-state index contributed by atoms with van der Waals surface area (Å²) in [6, 6.07) is 19.3. The van der Waals surface area contributed by atoms with Gasteiger partial charge < -0.3 is 10.6 Å². The lowest BCUT2D eigenvalue weighted by Gasteiger charge is -2.19. The zero-order chi connectivity index (χ0) is 25.8. The van der Waals surface area contributed by atoms with Crippen LogP contribution in [0.5, 0.6) is 0 Å². The molecule has 2 aromatic heterocycles. The molecule has 0 bridgehead atoms. The highest BCUT2D eigenvalue weighted by Crippen LogP contribution is 2.23. The number of halogens is 1. The molecular formula is C28H24FN5O3. The summed E-state index contributed by atoms with van der Waals surface area (Å²) in [6.45, 7) is 0. The maximum Gasteiger partial charge on any atom is 0.287 e. The van der Waals surface area contributed by atoms with Crippen molar-refractivity contribution in [1.82, 2.24) is 25.4 Å². The molecule has 0 saturated heterocycles. The van der Waals surface area contributed by atoms with Crippen molar-refractivity contribution in [2.45, 2.75) is 31.3 Å². The summed E-state index contributed by atoms with van der Waals surface area (Å²) >= 11 is 0. The van der Waals surface area contributed by atoms with E-state index < -0.39 is 23.6 Å². The monoisotopic (exact) mass is 497 g/mol. The van der Waals surface area contributed by atoms with E-state index in [4.69, 9.17) is 0 Å². The van der Waals surface area contributed by atoms with Crippen LogP contribution < -0.4 is 10.6 Å². The fraction of sp³-hybridized carbons (Fsp3) is 0.179. The van der Waals surface area contributed by atoms with Crippen LogP contribution in [0.2, 0.25) is 0 Å². The minimum atomic E-state index is -0.716. The highest BCUT2D eigenvalue weighted by atomic mass is 19.1. The van der Waals surface area contributed by atoms with Gasteiger partial charge in [-0.15, -0.1) is 0 Å². The number of aromatic nitrogens is 3. The van der Waals surface area contributed by atoms with Crippen LogP contribution in [0.4, 0.5) is 4.39 Å². The second kappa shape index (κ2) is 10.5. The van der Waals surface area contributed by atoms with Gasteiger partial charge in [0.25, 0.3) is 11.8 Å². The first-order valence-corrected chi connectivity index (χ1v) is 11.9. The molecule has 4 aromatic rings. The average Bonchev–Trinajstić information content (AvgIpc) is 3.60. The molecule has 0 aliphatic heterocycles. The van der Waals surface area contributed by atoms with E-state index >= 15 is 0 Å². The van der Waals surface area contributed by atoms with Gasteiger partial charge in [-0.05, 0) is 60.9 Å². The topological polar surface area (TPSA) is 106 Å². The van der Waals surface area contributed by atoms with Crippen LogP contribution in [0.3, 0.4) is 0 Å². The molecule has 2 amide bonds. The lowest BCUT2D eigenvalue weighted by atomic mass is 10.0. The van der Waals surface area contributed by atoms with Gasteiger partial charge in [0, 0.05) is 30.4 Å². The highest BCUT2D eigenvalue weighted by Gasteiger charge is 2.29. The van der Waals surface area contributed by atoms with Crippen molar-refractivity contribution in [1.29, 1.82) is 0 Å². The van der Waals surface area contributed by atoms with Crippen LogP contribution in [-0.2, 0) is 9.59 Å². The van der Waals surface area contributed by atoms with E-state index in [1.165, 1.54) is 16.8 Å². The maximum absolute atomic E-state index is 13.4. The third-order valence-corrected chi connectivity index (χ3v) is 6.04. The molecule has 9 heteroatoms. The number of pyridine rings is 1. The van der Waals surface area contributed by atoms with Gasteiger partial charge in [0.05, 0.1) is 17.3 Å². The number of hydrogen-bond acceptors (Lipinski definition) is 5. The number of ketones is 1. The number of nitrogens with zero attached hydrogens (tertiary/aromatic N) is 3. The summed E-state index contributed by atoms with van der Waals surface area (Å²) in [5.41, 5.74) is 2.25. The third-order valence-electron chi connectivity index (χ3n) is 6.04. The van der Waals surface area contributed by atoms with Crippen molar-refractivity contribution in [2.24, 2.45) is 0 Å². The second-order valence-corrected chi connectivity index (χ2v) is 8.84. The first-order valence-electron chi connectivity index (χ1n) is 11.9. The third kappa shape index (κ3) is 5.78. The van der Waals surface area contributed by atoms with E-state index in [9.17, 15) is 18.8 Å². The number of Topliss-reactive ketones (excluding diaryl/α,β-unsaturated/α-hetero) is 1. The largest absolute Gasteiger partial charge is 0.347 e. The summed E-state index contributed by atoms with van der Waals surface area (Å²) in [5.74, 6) is -1.75. The molecule has 1 fully saturated rings. The van der Waals surface area contributed by atoms with Gasteiger partial charge in [-0.25, -0.2) is 14.1 Å². The predicted octanol–water partition coefficient (Wildman–Crippen LogP) is 3.78. The maximum atomic E-state index is 13.4. The van der Waals surface area contributed by atoms with Gasteiger partial charge in [-0.1, -0.05) is 30.3 Å². The smallest absolute Gasteiger partial charge is 0.287 e. The number of amides is 2. The van der Waals surface area contributed by atoms with Crippen molar-refractivity contribution in [3.63, 3.8) is 0 Å². The Labute approximate surface area is 212 Å². The van der Waals surface area contributed by atoms with Crippen LogP contribution in [-0.4, -0.2) is 38.4 Å². The molecular weight excluding hydrogens is 473 g/mol. The minimum Gasteiger partial charge on any atom is -0.347 e. The van der Waals surface area contributed by atoms with Crippen LogP contribution in [0.1, 0.15) is 41.2 Å². The van der Waals surface area contributed by atoms with Gasteiger partial charge >= 0.3 is 0 Å². The normalized spacial score (nSPS) is 13.5. The highest BCUT2D eigenvalue weighted by molar-refractivity contribution is 6.36. The molecule has 1 atom stereocenters. The van der Waals surface area contributed by atoms with E-state index in [0.717, 1.165) is 12.8 Å². The molecule has 37 heavy (non-hydrogen) atoms. The number of nitrogens with one attached hydrogen (secondary N) is 2. The van der Waals surface area contributed by atoms with E-state index in [1.54, 1.807) is 67.0 Å². The number of carbonyl (C=O) groups is 3. The lowest BCUT2D eigenvalue weighted by molar-refractivity contribution is -0.138. The fourth-order valence-corrected chi connectivity index (χ4v) is 3.92. The Hall–Kier alpha value is -4.66. The quantitative estimate of drug-likeness (QED) is 0.343. The van der Waals surface area contributed by atoms with Gasteiger partial charge in [-0.2, -0.15) is 5.10 Å². The standard InChI is InChI=1S/C28H24FN5O3/c29-20-10-8-19(9-11-20)23-14-16-34(33-23)26-22(7-4-15-30-26)27(36)32-24(18-5-2-1-3-6-18)17-25(35)28(37)31-21-12-13-21/h1-11,14-16,21,24H,12-13,17H2,(H,31,37)(H,32,36). The summed E-state index contributed by atoms with van der Waals surface area (Å²) in [5, 5.41) is 10.1. The van der Waals surface area contributed by atoms with E-state index in [1.807, 2.05) is 6.07 Å². The Morgan fingerprint density at radius 3 is 2.46 bits per heavy atom. The van der Waals surface area contributed by atoms with Crippen LogP contribution in [0, 0.1) is 5.82 Å². The first-order chi connectivity index (χ1) is 18.0. The van der Waals surface area contributed by atoms with Crippen molar-refractivity contribution >= 4 is 17.6 Å². The zero-order valence-electron chi connectivity index (χ0n) is 19.8. The van der Waals surface area contributed by atoms with E-state index in [0.29, 0.717) is 16.8 Å². The minimum absolute atomic E-state index is 0.0630. The molecule has 1 aliphatic rings. The number of carbonyl (C=O) groups excluding carboxylic acids is 3. The molecule has 1 unspecified atom stereocenters. The van der Waals surface area contributed by atoms with Gasteiger partial charge in [-0.3, -0.25) is 14.4 Å². The molecule has 2 N–H and O–H groups in total. The van der Waals surface area contributed by atoms with E-state index in [2.05, 4.69) is 20.7 Å². The molecule has 0 radical (unpaired) electrons. The van der Waals surface area contributed by atoms with Gasteiger partial charge in [0.1, 0.15) is 5.82 Å². The molecule has 5 rings (SSSR count). The summed E-state index contributed by atoms with van der Waals surface area (Å²) < 4.78 is 14.8. The average molecular weight is 498 g/mol. The molecule has 1 saturated carbocycles. The molecule has 8 nitrogen and oxygen atoms in total. The van der Waals surface area contributed by atoms with Crippen molar-refractivity contribution < 1.29 is 18.8 Å². The van der Waals surface area contributed by atoms with Crippen LogP contribution in [0.25, 0.3) is 17.1 Å². The summed E-state index contributed by atoms with van der Waals surface area (Å²) in [6.07, 6.45) is 4.78. The molecule has 2 heterocycles. The van der Waals surface area contributed by atoms with Crippen molar-refractivity contribution in [3.8, 4) is 17.1 Å². The number of hydrogen-bond donors (Lipinski definition) is 2. The van der Waals surface area contributed by atoms with Crippen LogP contribution >= 0.6 is 0 Å². The number of benzene rings is 2. The molecule has 0 spiro atoms. The SMILES string of the molecule is O=C(CC(NC(=O)c1cccnc1-n1ccc(-c2ccc(F)cc2)n1)c1ccccc1)C(=O)NC1CC1. The fourth-order valence-electron chi connectivity index (χ4n) is 3.92. The van der Waals surface area contributed by atoms with Crippen molar-refractivity contribution in [2.75, 3.05) is 0 Å². The van der Waals surface area contributed by atoms with E-state index in [-0.39, 0.29) is 29.7 Å². The lowest BCUT2D eigenvalue weighted by Crippen LogP contribution is -2.37. The number of rotatable bonds is 9. The Bertz CT molecular complexity index is 1430. The van der Waals surface area contributed by atoms with Crippen molar-refractivity contribution in [3.05, 3.63) is 102 Å². The molecule has 186 valence electrons. The zero-order valence-corrected chi connectivity index (χ0v) is 19.8. The Kier molecular flexibility index (Phi) is 6.85. The Morgan fingerprint density at radius 1 is 0.973 bits per heavy atom. The van der Waals surface area contributed by atoms with Crippen LogP contribution in [0.15, 0.2) is 85.2 Å². The predicted molar refractivity (Wildman–Crippen MR) is 134 cm³/mol. The van der Waals surface area contributed by atoms with Gasteiger partial charge in [0.2, 0.25) is 5.78 Å². The first kappa shape index (κ1) is 24.1. The second-order valence-electron chi connectivity index (χ2n) is 8.84.